The van der Waals surface area contributed by atoms with Gasteiger partial charge in [0, 0.05) is 20.3 Å². The molecule has 0 atom stereocenters. The van der Waals surface area contributed by atoms with Crippen LogP contribution in [0.15, 0.2) is 0 Å². The van der Waals surface area contributed by atoms with Crippen molar-refractivity contribution in [2.45, 2.75) is 19.3 Å². The average molecular weight is 218 g/mol. The summed E-state index contributed by atoms with van der Waals surface area (Å²) in [5.41, 5.74) is 0. The zero-order valence-electron chi connectivity index (χ0n) is 8.91. The van der Waals surface area contributed by atoms with Crippen LogP contribution in [-0.2, 0) is 9.53 Å². The quantitative estimate of drug-likeness (QED) is 0.507. The third kappa shape index (κ3) is 10.6. The highest BCUT2D eigenvalue weighted by Crippen LogP contribution is 1.93. The second-order valence-corrected chi connectivity index (χ2v) is 3.06. The summed E-state index contributed by atoms with van der Waals surface area (Å²) in [5, 5.41) is 13.0. The highest BCUT2D eigenvalue weighted by Gasteiger charge is 2.01. The summed E-state index contributed by atoms with van der Waals surface area (Å²) >= 11 is 0. The van der Waals surface area contributed by atoms with Gasteiger partial charge in [0.25, 0.3) is 0 Å². The Morgan fingerprint density at radius 2 is 1.93 bits per heavy atom. The van der Waals surface area contributed by atoms with E-state index in [0.29, 0.717) is 6.54 Å². The van der Waals surface area contributed by atoms with Crippen molar-refractivity contribution in [2.24, 2.45) is 0 Å². The first-order valence-electron chi connectivity index (χ1n) is 4.89. The lowest BCUT2D eigenvalue weighted by atomic mass is 10.2. The van der Waals surface area contributed by atoms with Crippen molar-refractivity contribution >= 4 is 12.0 Å². The van der Waals surface area contributed by atoms with Crippen molar-refractivity contribution in [1.29, 1.82) is 0 Å². The highest BCUT2D eigenvalue weighted by atomic mass is 16.5. The summed E-state index contributed by atoms with van der Waals surface area (Å²) in [7, 11) is 1.65. The second-order valence-electron chi connectivity index (χ2n) is 3.06. The van der Waals surface area contributed by atoms with Gasteiger partial charge < -0.3 is 20.5 Å². The van der Waals surface area contributed by atoms with Crippen molar-refractivity contribution in [3.05, 3.63) is 0 Å². The molecule has 0 aliphatic rings. The molecule has 0 aliphatic heterocycles. The van der Waals surface area contributed by atoms with Crippen molar-refractivity contribution < 1.29 is 19.4 Å². The van der Waals surface area contributed by atoms with Gasteiger partial charge in [-0.25, -0.2) is 4.79 Å². The van der Waals surface area contributed by atoms with Gasteiger partial charge in [0.15, 0.2) is 0 Å². The van der Waals surface area contributed by atoms with Gasteiger partial charge in [0.1, 0.15) is 6.54 Å². The van der Waals surface area contributed by atoms with Crippen molar-refractivity contribution in [2.75, 3.05) is 26.8 Å². The van der Waals surface area contributed by atoms with Crippen molar-refractivity contribution in [1.82, 2.24) is 10.6 Å². The van der Waals surface area contributed by atoms with Gasteiger partial charge in [-0.3, -0.25) is 4.79 Å². The van der Waals surface area contributed by atoms with Gasteiger partial charge in [-0.1, -0.05) is 0 Å². The van der Waals surface area contributed by atoms with E-state index >= 15 is 0 Å². The fourth-order valence-electron chi connectivity index (χ4n) is 0.968. The predicted octanol–water partition coefficient (Wildman–Crippen LogP) is 0.187. The average Bonchev–Trinajstić information content (AvgIpc) is 2.20. The van der Waals surface area contributed by atoms with E-state index in [9.17, 15) is 9.59 Å². The molecule has 0 saturated heterocycles. The first-order chi connectivity index (χ1) is 7.16. The van der Waals surface area contributed by atoms with Gasteiger partial charge >= 0.3 is 12.0 Å². The third-order valence-electron chi connectivity index (χ3n) is 1.71. The molecule has 0 aromatic rings. The van der Waals surface area contributed by atoms with Crippen LogP contribution in [0.5, 0.6) is 0 Å². The molecule has 3 N–H and O–H groups in total. The number of carbonyl (C=O) groups is 2. The van der Waals surface area contributed by atoms with Crippen LogP contribution in [0.1, 0.15) is 19.3 Å². The summed E-state index contributed by atoms with van der Waals surface area (Å²) in [5.74, 6) is -1.05. The van der Waals surface area contributed by atoms with E-state index in [1.54, 1.807) is 7.11 Å². The molecule has 2 amide bonds. The van der Waals surface area contributed by atoms with E-state index in [4.69, 9.17) is 9.84 Å². The van der Waals surface area contributed by atoms with Gasteiger partial charge in [0.05, 0.1) is 0 Å². The minimum absolute atomic E-state index is 0.352. The zero-order chi connectivity index (χ0) is 11.5. The summed E-state index contributed by atoms with van der Waals surface area (Å²) in [6, 6.07) is -0.441. The number of nitrogens with one attached hydrogen (secondary N) is 2. The van der Waals surface area contributed by atoms with E-state index in [0.717, 1.165) is 25.9 Å². The lowest BCUT2D eigenvalue weighted by Gasteiger charge is -2.05. The number of unbranched alkanes of at least 4 members (excludes halogenated alkanes) is 2. The molecule has 0 heterocycles. The van der Waals surface area contributed by atoms with Crippen LogP contribution in [0.3, 0.4) is 0 Å². The Kier molecular flexibility index (Phi) is 8.46. The SMILES string of the molecule is COCCCCCNC(=O)NCC(=O)O. The number of ether oxygens (including phenoxy) is 1. The molecular weight excluding hydrogens is 200 g/mol. The number of rotatable bonds is 8. The molecule has 0 aliphatic carbocycles. The standard InChI is InChI=1S/C9H18N2O4/c1-15-6-4-2-3-5-10-9(14)11-7-8(12)13/h2-7H2,1H3,(H,12,13)(H2,10,11,14). The Morgan fingerprint density at radius 3 is 2.53 bits per heavy atom. The fourth-order valence-corrected chi connectivity index (χ4v) is 0.968. The predicted molar refractivity (Wildman–Crippen MR) is 54.8 cm³/mol. The van der Waals surface area contributed by atoms with Gasteiger partial charge in [-0.05, 0) is 19.3 Å². The zero-order valence-corrected chi connectivity index (χ0v) is 8.91. The molecule has 6 nitrogen and oxygen atoms in total. The largest absolute Gasteiger partial charge is 0.480 e. The van der Waals surface area contributed by atoms with Crippen molar-refractivity contribution in [3.63, 3.8) is 0 Å². The Morgan fingerprint density at radius 1 is 1.20 bits per heavy atom. The number of hydrogen-bond donors (Lipinski definition) is 3. The Labute approximate surface area is 89.0 Å². The van der Waals surface area contributed by atoms with Crippen LogP contribution in [0.25, 0.3) is 0 Å². The van der Waals surface area contributed by atoms with Crippen LogP contribution < -0.4 is 10.6 Å². The molecule has 0 unspecified atom stereocenters. The molecule has 0 saturated carbocycles. The number of urea groups is 1. The van der Waals surface area contributed by atoms with Crippen molar-refractivity contribution in [3.8, 4) is 0 Å². The van der Waals surface area contributed by atoms with E-state index in [1.807, 2.05) is 0 Å². The topological polar surface area (TPSA) is 87.7 Å². The summed E-state index contributed by atoms with van der Waals surface area (Å²) < 4.78 is 4.87. The molecular formula is C9H18N2O4. The number of hydrogen-bond acceptors (Lipinski definition) is 3. The number of methoxy groups -OCH3 is 1. The number of carboxylic acids is 1. The molecule has 0 aromatic carbocycles. The summed E-state index contributed by atoms with van der Waals surface area (Å²) in [6.45, 7) is 0.926. The summed E-state index contributed by atoms with van der Waals surface area (Å²) in [4.78, 5) is 21.0. The molecule has 0 bridgehead atoms. The van der Waals surface area contributed by atoms with E-state index in [1.165, 1.54) is 0 Å². The maximum Gasteiger partial charge on any atom is 0.323 e. The van der Waals surface area contributed by atoms with Crippen LogP contribution in [0, 0.1) is 0 Å². The molecule has 0 aromatic heterocycles. The third-order valence-corrected chi connectivity index (χ3v) is 1.71. The fraction of sp³-hybridized carbons (Fsp3) is 0.778. The maximum absolute atomic E-state index is 10.9. The lowest BCUT2D eigenvalue weighted by molar-refractivity contribution is -0.135. The normalized spacial score (nSPS) is 9.67. The number of amides is 2. The summed E-state index contributed by atoms with van der Waals surface area (Å²) in [6.07, 6.45) is 2.81. The van der Waals surface area contributed by atoms with Crippen LogP contribution in [-0.4, -0.2) is 43.9 Å². The number of carboxylic acid groups (broad SMARTS) is 1. The van der Waals surface area contributed by atoms with E-state index < -0.39 is 12.0 Å². The van der Waals surface area contributed by atoms with Gasteiger partial charge in [-0.2, -0.15) is 0 Å². The highest BCUT2D eigenvalue weighted by molar-refractivity contribution is 5.79. The van der Waals surface area contributed by atoms with Gasteiger partial charge in [0.2, 0.25) is 0 Å². The number of aliphatic carboxylic acids is 1. The first-order valence-corrected chi connectivity index (χ1v) is 4.89. The maximum atomic E-state index is 10.9. The van der Waals surface area contributed by atoms with Crippen LogP contribution >= 0.6 is 0 Å². The molecule has 0 rings (SSSR count). The Bertz CT molecular complexity index is 197. The Hall–Kier alpha value is -1.30. The van der Waals surface area contributed by atoms with E-state index in [2.05, 4.69) is 10.6 Å². The van der Waals surface area contributed by atoms with Crippen LogP contribution in [0.4, 0.5) is 4.79 Å². The molecule has 0 spiro atoms. The minimum Gasteiger partial charge on any atom is -0.480 e. The lowest BCUT2D eigenvalue weighted by Crippen LogP contribution is -2.38. The van der Waals surface area contributed by atoms with E-state index in [-0.39, 0.29) is 6.54 Å². The first kappa shape index (κ1) is 13.7. The molecule has 0 radical (unpaired) electrons. The van der Waals surface area contributed by atoms with Gasteiger partial charge in [-0.15, -0.1) is 0 Å². The Balaban J connectivity index is 3.20. The molecule has 15 heavy (non-hydrogen) atoms. The molecule has 6 heteroatoms. The molecule has 0 fully saturated rings. The second kappa shape index (κ2) is 9.26. The number of carbonyl (C=O) groups excluding carboxylic acids is 1. The minimum atomic E-state index is -1.05. The smallest absolute Gasteiger partial charge is 0.323 e. The van der Waals surface area contributed by atoms with Crippen LogP contribution in [0.2, 0.25) is 0 Å². The monoisotopic (exact) mass is 218 g/mol. The molecule has 88 valence electrons.